The first-order valence-electron chi connectivity index (χ1n) is 6.84. The minimum Gasteiger partial charge on any atom is -0.0683 e. The molecular weight excluding hydrogens is 192 g/mol. The van der Waals surface area contributed by atoms with Crippen LogP contribution in [-0.4, -0.2) is 0 Å². The van der Waals surface area contributed by atoms with Gasteiger partial charge in [-0.1, -0.05) is 52.0 Å². The highest BCUT2D eigenvalue weighted by molar-refractivity contribution is 5.28. The molecule has 0 saturated heterocycles. The molecule has 1 aliphatic rings. The Morgan fingerprint density at radius 2 is 1.69 bits per heavy atom. The summed E-state index contributed by atoms with van der Waals surface area (Å²) >= 11 is 0. The van der Waals surface area contributed by atoms with E-state index in [2.05, 4.69) is 38.1 Å². The summed E-state index contributed by atoms with van der Waals surface area (Å²) in [7, 11) is 0. The molecule has 0 N–H and O–H groups in total. The quantitative estimate of drug-likeness (QED) is 0.590. The molecule has 1 atom stereocenters. The Labute approximate surface area is 101 Å². The maximum absolute atomic E-state index is 2.36. The van der Waals surface area contributed by atoms with Crippen molar-refractivity contribution < 1.29 is 0 Å². The van der Waals surface area contributed by atoms with Crippen LogP contribution in [0.4, 0.5) is 0 Å². The zero-order chi connectivity index (χ0) is 12.0. The summed E-state index contributed by atoms with van der Waals surface area (Å²) in [4.78, 5) is 0. The predicted molar refractivity (Wildman–Crippen MR) is 72.8 cm³/mol. The maximum Gasteiger partial charge on any atom is -0.0245 e. The number of hydrogen-bond donors (Lipinski definition) is 0. The van der Waals surface area contributed by atoms with E-state index in [0.29, 0.717) is 0 Å². The van der Waals surface area contributed by atoms with Gasteiger partial charge in [-0.15, -0.1) is 0 Å². The fourth-order valence-electron chi connectivity index (χ4n) is 2.51. The number of rotatable bonds is 1. The van der Waals surface area contributed by atoms with Crippen molar-refractivity contribution in [3.63, 3.8) is 0 Å². The second-order valence-electron chi connectivity index (χ2n) is 4.87. The van der Waals surface area contributed by atoms with E-state index in [0.717, 1.165) is 11.8 Å². The molecule has 0 heterocycles. The standard InChI is InChI=1S/C14H20.C2H6/c1-11(2)13-9-5-8-12-6-3-4-7-14(12)10-13;1-2/h3-4,6-7,11,13H,5,8-10H2,1-2H3;1-2H3. The smallest absolute Gasteiger partial charge is 0.0245 e. The van der Waals surface area contributed by atoms with Gasteiger partial charge in [-0.2, -0.15) is 0 Å². The summed E-state index contributed by atoms with van der Waals surface area (Å²) in [5, 5.41) is 0. The van der Waals surface area contributed by atoms with Crippen LogP contribution in [-0.2, 0) is 12.8 Å². The van der Waals surface area contributed by atoms with Crippen molar-refractivity contribution in [2.24, 2.45) is 11.8 Å². The highest BCUT2D eigenvalue weighted by Gasteiger charge is 2.18. The van der Waals surface area contributed by atoms with Gasteiger partial charge in [-0.05, 0) is 48.6 Å². The summed E-state index contributed by atoms with van der Waals surface area (Å²) in [6.07, 6.45) is 5.37. The van der Waals surface area contributed by atoms with Crippen molar-refractivity contribution in [3.05, 3.63) is 35.4 Å². The van der Waals surface area contributed by atoms with E-state index in [9.17, 15) is 0 Å². The summed E-state index contributed by atoms with van der Waals surface area (Å²) in [5.41, 5.74) is 3.19. The molecule has 0 amide bonds. The van der Waals surface area contributed by atoms with Crippen molar-refractivity contribution in [1.29, 1.82) is 0 Å². The van der Waals surface area contributed by atoms with Crippen LogP contribution in [0.25, 0.3) is 0 Å². The molecule has 90 valence electrons. The molecule has 16 heavy (non-hydrogen) atoms. The lowest BCUT2D eigenvalue weighted by Crippen LogP contribution is -2.10. The molecule has 0 bridgehead atoms. The first-order chi connectivity index (χ1) is 7.77. The third-order valence-electron chi connectivity index (χ3n) is 3.56. The summed E-state index contributed by atoms with van der Waals surface area (Å²) in [6.45, 7) is 8.72. The van der Waals surface area contributed by atoms with Crippen LogP contribution in [0.1, 0.15) is 51.7 Å². The van der Waals surface area contributed by atoms with Gasteiger partial charge < -0.3 is 0 Å². The minimum atomic E-state index is 0.834. The van der Waals surface area contributed by atoms with Gasteiger partial charge in [0.2, 0.25) is 0 Å². The van der Waals surface area contributed by atoms with E-state index in [1.165, 1.54) is 25.7 Å². The average molecular weight is 218 g/mol. The molecule has 0 aromatic heterocycles. The molecule has 0 saturated carbocycles. The van der Waals surface area contributed by atoms with Gasteiger partial charge in [0.1, 0.15) is 0 Å². The topological polar surface area (TPSA) is 0 Å². The lowest BCUT2D eigenvalue weighted by molar-refractivity contribution is 0.357. The normalized spacial score (nSPS) is 19.4. The molecule has 0 fully saturated rings. The van der Waals surface area contributed by atoms with Gasteiger partial charge in [0.15, 0.2) is 0 Å². The van der Waals surface area contributed by atoms with Crippen molar-refractivity contribution in [2.75, 3.05) is 0 Å². The van der Waals surface area contributed by atoms with E-state index < -0.39 is 0 Å². The molecule has 0 heteroatoms. The van der Waals surface area contributed by atoms with E-state index in [1.54, 1.807) is 11.1 Å². The lowest BCUT2D eigenvalue weighted by Gasteiger charge is -2.18. The van der Waals surface area contributed by atoms with E-state index in [-0.39, 0.29) is 0 Å². The Morgan fingerprint density at radius 1 is 1.06 bits per heavy atom. The van der Waals surface area contributed by atoms with Gasteiger partial charge in [0.25, 0.3) is 0 Å². The fraction of sp³-hybridized carbons (Fsp3) is 0.625. The Kier molecular flexibility index (Phi) is 5.59. The first kappa shape index (κ1) is 13.3. The van der Waals surface area contributed by atoms with E-state index in [4.69, 9.17) is 0 Å². The third kappa shape index (κ3) is 3.37. The molecule has 1 unspecified atom stereocenters. The minimum absolute atomic E-state index is 0.834. The SMILES string of the molecule is CC.CC(C)C1CCCc2ccccc2C1. The number of benzene rings is 1. The second-order valence-corrected chi connectivity index (χ2v) is 4.87. The zero-order valence-corrected chi connectivity index (χ0v) is 11.3. The average Bonchev–Trinajstić information content (AvgIpc) is 2.53. The van der Waals surface area contributed by atoms with Crippen LogP contribution in [0.2, 0.25) is 0 Å². The van der Waals surface area contributed by atoms with Gasteiger partial charge in [-0.3, -0.25) is 0 Å². The van der Waals surface area contributed by atoms with E-state index >= 15 is 0 Å². The Morgan fingerprint density at radius 3 is 2.31 bits per heavy atom. The van der Waals surface area contributed by atoms with Gasteiger partial charge in [0.05, 0.1) is 0 Å². The molecular formula is C16H26. The van der Waals surface area contributed by atoms with Crippen LogP contribution >= 0.6 is 0 Å². The van der Waals surface area contributed by atoms with Crippen LogP contribution in [0, 0.1) is 11.8 Å². The Bertz CT molecular complexity index is 299. The van der Waals surface area contributed by atoms with Crippen LogP contribution in [0.15, 0.2) is 24.3 Å². The molecule has 0 radical (unpaired) electrons. The predicted octanol–water partition coefficient (Wildman–Crippen LogP) is 4.86. The molecule has 1 aromatic carbocycles. The van der Waals surface area contributed by atoms with Crippen LogP contribution < -0.4 is 0 Å². The lowest BCUT2D eigenvalue weighted by atomic mass is 9.87. The molecule has 1 aliphatic carbocycles. The zero-order valence-electron chi connectivity index (χ0n) is 11.3. The molecule has 0 spiro atoms. The van der Waals surface area contributed by atoms with Gasteiger partial charge in [0, 0.05) is 0 Å². The largest absolute Gasteiger partial charge is 0.0683 e. The summed E-state index contributed by atoms with van der Waals surface area (Å²) in [6, 6.07) is 8.98. The highest BCUT2D eigenvalue weighted by atomic mass is 14.2. The highest BCUT2D eigenvalue weighted by Crippen LogP contribution is 2.28. The second kappa shape index (κ2) is 6.73. The molecule has 2 rings (SSSR count). The first-order valence-corrected chi connectivity index (χ1v) is 6.84. The van der Waals surface area contributed by atoms with Crippen LogP contribution in [0.3, 0.4) is 0 Å². The summed E-state index contributed by atoms with van der Waals surface area (Å²) < 4.78 is 0. The van der Waals surface area contributed by atoms with E-state index in [1.807, 2.05) is 13.8 Å². The number of fused-ring (bicyclic) bond motifs is 1. The third-order valence-corrected chi connectivity index (χ3v) is 3.56. The van der Waals surface area contributed by atoms with Crippen LogP contribution in [0.5, 0.6) is 0 Å². The van der Waals surface area contributed by atoms with Crippen molar-refractivity contribution in [3.8, 4) is 0 Å². The summed E-state index contributed by atoms with van der Waals surface area (Å²) in [5.74, 6) is 1.74. The molecule has 0 nitrogen and oxygen atoms in total. The maximum atomic E-state index is 2.36. The number of aryl methyl sites for hydroxylation is 1. The monoisotopic (exact) mass is 218 g/mol. The van der Waals surface area contributed by atoms with Crippen molar-refractivity contribution in [1.82, 2.24) is 0 Å². The number of hydrogen-bond acceptors (Lipinski definition) is 0. The van der Waals surface area contributed by atoms with Gasteiger partial charge >= 0.3 is 0 Å². The molecule has 0 aliphatic heterocycles. The van der Waals surface area contributed by atoms with Crippen molar-refractivity contribution >= 4 is 0 Å². The Hall–Kier alpha value is -0.780. The molecule has 1 aromatic rings. The van der Waals surface area contributed by atoms with Crippen molar-refractivity contribution in [2.45, 2.75) is 53.4 Å². The van der Waals surface area contributed by atoms with Gasteiger partial charge in [-0.25, -0.2) is 0 Å². The Balaban J connectivity index is 0.000000606. The fourth-order valence-corrected chi connectivity index (χ4v) is 2.51.